The second-order valence-corrected chi connectivity index (χ2v) is 6.71. The molecule has 4 nitrogen and oxygen atoms in total. The largest absolute Gasteiger partial charge is 0.335 e. The number of aromatic nitrogens is 1. The van der Waals surface area contributed by atoms with Gasteiger partial charge in [-0.25, -0.2) is 0 Å². The second kappa shape index (κ2) is 7.23. The third-order valence-corrected chi connectivity index (χ3v) is 5.41. The molecule has 3 rings (SSSR count). The summed E-state index contributed by atoms with van der Waals surface area (Å²) in [7, 11) is 0. The normalized spacial score (nSPS) is 29.3. The average Bonchev–Trinajstić information content (AvgIpc) is 2.91. The lowest BCUT2D eigenvalue weighted by atomic mass is 9.93. The van der Waals surface area contributed by atoms with Gasteiger partial charge in [-0.1, -0.05) is 19.3 Å². The number of nitrogens with two attached hydrogens (primary N) is 1. The van der Waals surface area contributed by atoms with Crippen LogP contribution in [0.1, 0.15) is 56.6 Å². The van der Waals surface area contributed by atoms with Gasteiger partial charge in [0.2, 0.25) is 5.91 Å². The van der Waals surface area contributed by atoms with E-state index in [4.69, 9.17) is 5.73 Å². The Balaban J connectivity index is 1.82. The van der Waals surface area contributed by atoms with Crippen LogP contribution in [0, 0.1) is 11.8 Å². The Morgan fingerprint density at radius 3 is 2.73 bits per heavy atom. The van der Waals surface area contributed by atoms with Crippen molar-refractivity contribution in [2.24, 2.45) is 17.6 Å². The fourth-order valence-corrected chi connectivity index (χ4v) is 4.16. The Kier molecular flexibility index (Phi) is 5.08. The first kappa shape index (κ1) is 15.5. The summed E-state index contributed by atoms with van der Waals surface area (Å²) in [5, 5.41) is 0. The van der Waals surface area contributed by atoms with Crippen LogP contribution in [0.3, 0.4) is 0 Å². The Labute approximate surface area is 133 Å². The highest BCUT2D eigenvalue weighted by molar-refractivity contribution is 5.80. The Bertz CT molecular complexity index is 490. The van der Waals surface area contributed by atoms with E-state index >= 15 is 0 Å². The van der Waals surface area contributed by atoms with Crippen molar-refractivity contribution in [3.8, 4) is 0 Å². The number of amides is 1. The van der Waals surface area contributed by atoms with Gasteiger partial charge in [-0.05, 0) is 55.8 Å². The monoisotopic (exact) mass is 301 g/mol. The first-order chi connectivity index (χ1) is 10.8. The van der Waals surface area contributed by atoms with Crippen LogP contribution in [-0.2, 0) is 4.79 Å². The molecule has 2 N–H and O–H groups in total. The summed E-state index contributed by atoms with van der Waals surface area (Å²) < 4.78 is 0. The zero-order chi connectivity index (χ0) is 15.4. The number of carbonyl (C=O) groups excluding carboxylic acids is 1. The van der Waals surface area contributed by atoms with Crippen LogP contribution in [0.4, 0.5) is 0 Å². The van der Waals surface area contributed by atoms with E-state index in [0.717, 1.165) is 38.6 Å². The van der Waals surface area contributed by atoms with E-state index in [-0.39, 0.29) is 12.0 Å². The van der Waals surface area contributed by atoms with Gasteiger partial charge in [0.25, 0.3) is 0 Å². The van der Waals surface area contributed by atoms with Gasteiger partial charge >= 0.3 is 0 Å². The smallest absolute Gasteiger partial charge is 0.226 e. The SMILES string of the molecule is NC[C@H]1CCC[C@H]1C(=O)N1CCCCCC1c1ccncc1. The number of hydrogen-bond donors (Lipinski definition) is 1. The molecule has 1 aromatic heterocycles. The number of pyridine rings is 1. The lowest BCUT2D eigenvalue weighted by Gasteiger charge is -2.34. The molecule has 0 aromatic carbocycles. The van der Waals surface area contributed by atoms with E-state index in [1.165, 1.54) is 18.4 Å². The number of nitrogens with zero attached hydrogens (tertiary/aromatic N) is 2. The van der Waals surface area contributed by atoms with Crippen molar-refractivity contribution in [3.05, 3.63) is 30.1 Å². The topological polar surface area (TPSA) is 59.2 Å². The van der Waals surface area contributed by atoms with Gasteiger partial charge in [-0.15, -0.1) is 0 Å². The summed E-state index contributed by atoms with van der Waals surface area (Å²) in [4.78, 5) is 19.4. The van der Waals surface area contributed by atoms with E-state index in [0.29, 0.717) is 18.4 Å². The number of carbonyl (C=O) groups is 1. The summed E-state index contributed by atoms with van der Waals surface area (Å²) in [6.07, 6.45) is 11.5. The minimum atomic E-state index is 0.146. The van der Waals surface area contributed by atoms with Crippen LogP contribution in [-0.4, -0.2) is 28.9 Å². The van der Waals surface area contributed by atoms with E-state index < -0.39 is 0 Å². The molecule has 1 aliphatic heterocycles. The summed E-state index contributed by atoms with van der Waals surface area (Å²) in [5.41, 5.74) is 7.12. The fourth-order valence-electron chi connectivity index (χ4n) is 4.16. The number of rotatable bonds is 3. The molecule has 1 saturated heterocycles. The highest BCUT2D eigenvalue weighted by Gasteiger charge is 2.37. The molecule has 1 saturated carbocycles. The standard InChI is InChI=1S/C18H27N3O/c19-13-15-5-4-6-16(15)18(22)21-12-3-1-2-7-17(21)14-8-10-20-11-9-14/h8-11,15-17H,1-7,12-13,19H2/t15-,16-,17?/m1/s1. The molecule has 2 aliphatic rings. The van der Waals surface area contributed by atoms with Crippen LogP contribution < -0.4 is 5.73 Å². The van der Waals surface area contributed by atoms with Gasteiger partial charge in [-0.3, -0.25) is 9.78 Å². The third-order valence-electron chi connectivity index (χ3n) is 5.41. The van der Waals surface area contributed by atoms with Gasteiger partial charge in [0, 0.05) is 24.9 Å². The van der Waals surface area contributed by atoms with E-state index in [2.05, 4.69) is 22.0 Å². The quantitative estimate of drug-likeness (QED) is 0.934. The summed E-state index contributed by atoms with van der Waals surface area (Å²) >= 11 is 0. The van der Waals surface area contributed by atoms with Crippen molar-refractivity contribution in [1.82, 2.24) is 9.88 Å². The zero-order valence-electron chi connectivity index (χ0n) is 13.3. The molecule has 0 bridgehead atoms. The Morgan fingerprint density at radius 1 is 1.14 bits per heavy atom. The molecular weight excluding hydrogens is 274 g/mol. The minimum Gasteiger partial charge on any atom is -0.335 e. The minimum absolute atomic E-state index is 0.146. The lowest BCUT2D eigenvalue weighted by Crippen LogP contribution is -2.41. The third kappa shape index (κ3) is 3.17. The Hall–Kier alpha value is -1.42. The van der Waals surface area contributed by atoms with E-state index in [1.807, 2.05) is 12.4 Å². The predicted octanol–water partition coefficient (Wildman–Crippen LogP) is 2.90. The van der Waals surface area contributed by atoms with Crippen molar-refractivity contribution in [1.29, 1.82) is 0 Å². The molecular formula is C18H27N3O. The zero-order valence-corrected chi connectivity index (χ0v) is 13.3. The summed E-state index contributed by atoms with van der Waals surface area (Å²) in [6.45, 7) is 1.53. The second-order valence-electron chi connectivity index (χ2n) is 6.71. The maximum absolute atomic E-state index is 13.2. The van der Waals surface area contributed by atoms with Gasteiger partial charge in [-0.2, -0.15) is 0 Å². The molecule has 1 unspecified atom stereocenters. The summed E-state index contributed by atoms with van der Waals surface area (Å²) in [5.74, 6) is 0.873. The van der Waals surface area contributed by atoms with Crippen LogP contribution in [0.25, 0.3) is 0 Å². The highest BCUT2D eigenvalue weighted by Crippen LogP contribution is 2.37. The van der Waals surface area contributed by atoms with E-state index in [9.17, 15) is 4.79 Å². The van der Waals surface area contributed by atoms with Crippen molar-refractivity contribution in [2.75, 3.05) is 13.1 Å². The summed E-state index contributed by atoms with van der Waals surface area (Å²) in [6, 6.07) is 4.34. The first-order valence-electron chi connectivity index (χ1n) is 8.71. The van der Waals surface area contributed by atoms with Gasteiger partial charge < -0.3 is 10.6 Å². The molecule has 1 amide bonds. The molecule has 1 aromatic rings. The van der Waals surface area contributed by atoms with Crippen LogP contribution >= 0.6 is 0 Å². The van der Waals surface area contributed by atoms with Crippen molar-refractivity contribution in [2.45, 2.75) is 51.0 Å². The van der Waals surface area contributed by atoms with Gasteiger partial charge in [0.1, 0.15) is 0 Å². The van der Waals surface area contributed by atoms with Gasteiger partial charge in [0.05, 0.1) is 6.04 Å². The first-order valence-corrected chi connectivity index (χ1v) is 8.71. The van der Waals surface area contributed by atoms with Crippen LogP contribution in [0.2, 0.25) is 0 Å². The van der Waals surface area contributed by atoms with Crippen LogP contribution in [0.15, 0.2) is 24.5 Å². The molecule has 0 spiro atoms. The van der Waals surface area contributed by atoms with E-state index in [1.54, 1.807) is 0 Å². The Morgan fingerprint density at radius 2 is 1.95 bits per heavy atom. The fraction of sp³-hybridized carbons (Fsp3) is 0.667. The van der Waals surface area contributed by atoms with Crippen molar-refractivity contribution >= 4 is 5.91 Å². The van der Waals surface area contributed by atoms with Gasteiger partial charge in [0.15, 0.2) is 0 Å². The average molecular weight is 301 g/mol. The maximum Gasteiger partial charge on any atom is 0.226 e. The number of hydrogen-bond acceptors (Lipinski definition) is 3. The maximum atomic E-state index is 13.2. The lowest BCUT2D eigenvalue weighted by molar-refractivity contribution is -0.139. The van der Waals surface area contributed by atoms with Crippen molar-refractivity contribution in [3.63, 3.8) is 0 Å². The molecule has 2 heterocycles. The molecule has 3 atom stereocenters. The predicted molar refractivity (Wildman–Crippen MR) is 87.0 cm³/mol. The molecule has 2 fully saturated rings. The van der Waals surface area contributed by atoms with Crippen molar-refractivity contribution < 1.29 is 4.79 Å². The molecule has 1 aliphatic carbocycles. The molecule has 22 heavy (non-hydrogen) atoms. The molecule has 0 radical (unpaired) electrons. The van der Waals surface area contributed by atoms with Crippen LogP contribution in [0.5, 0.6) is 0 Å². The highest BCUT2D eigenvalue weighted by atomic mass is 16.2. The molecule has 120 valence electrons. The number of likely N-dealkylation sites (tertiary alicyclic amines) is 1. The molecule has 4 heteroatoms.